The lowest BCUT2D eigenvalue weighted by molar-refractivity contribution is -0.00000227. The summed E-state index contributed by atoms with van der Waals surface area (Å²) in [5.74, 6) is 0. The van der Waals surface area contributed by atoms with Gasteiger partial charge >= 0.3 is 0 Å². The summed E-state index contributed by atoms with van der Waals surface area (Å²) in [6.45, 7) is 9.47. The van der Waals surface area contributed by atoms with E-state index in [2.05, 4.69) is 27.4 Å². The van der Waals surface area contributed by atoms with Gasteiger partial charge in [-0.25, -0.2) is 0 Å². The second-order valence-electron chi connectivity index (χ2n) is 2.98. The van der Waals surface area contributed by atoms with Gasteiger partial charge in [-0.2, -0.15) is 0 Å². The lowest BCUT2D eigenvalue weighted by Crippen LogP contribution is -3.00. The normalized spacial score (nSPS) is 10.8. The van der Waals surface area contributed by atoms with E-state index < -0.39 is 7.26 Å². The maximum Gasteiger partial charge on any atom is 0.0588 e. The largest absolute Gasteiger partial charge is 1.00 e. The van der Waals surface area contributed by atoms with Crippen molar-refractivity contribution in [1.29, 1.82) is 0 Å². The van der Waals surface area contributed by atoms with Crippen molar-refractivity contribution in [3.05, 3.63) is 0 Å². The van der Waals surface area contributed by atoms with Gasteiger partial charge in [0, 0.05) is 13.9 Å². The molecule has 0 saturated carbocycles. The average Bonchev–Trinajstić information content (AvgIpc) is 1.89. The van der Waals surface area contributed by atoms with Gasteiger partial charge in [-0.05, 0) is 20.3 Å². The van der Waals surface area contributed by atoms with E-state index in [-0.39, 0.29) is 24.0 Å². The second-order valence-corrected chi connectivity index (χ2v) is 7.93. The third kappa shape index (κ3) is 4.90. The molecule has 0 N–H and O–H groups in total. The van der Waals surface area contributed by atoms with Crippen molar-refractivity contribution in [3.8, 4) is 0 Å². The Morgan fingerprint density at radius 2 is 1.40 bits per heavy atom. The van der Waals surface area contributed by atoms with Crippen molar-refractivity contribution in [2.24, 2.45) is 0 Å². The molecule has 0 spiro atoms. The summed E-state index contributed by atoms with van der Waals surface area (Å²) in [6, 6.07) is 0. The van der Waals surface area contributed by atoms with Crippen molar-refractivity contribution < 1.29 is 24.0 Å². The van der Waals surface area contributed by atoms with Gasteiger partial charge in [-0.3, -0.25) is 0 Å². The topological polar surface area (TPSA) is 0 Å². The van der Waals surface area contributed by atoms with E-state index in [0.717, 1.165) is 0 Å². The Morgan fingerprint density at radius 3 is 1.50 bits per heavy atom. The van der Waals surface area contributed by atoms with Crippen LogP contribution in [0.2, 0.25) is 0 Å². The third-order valence-electron chi connectivity index (χ3n) is 2.29. The molecule has 0 nitrogen and oxygen atoms in total. The Hall–Kier alpha value is 1.16. The molecular weight excluding hydrogens is 254 g/mol. The maximum atomic E-state index is 2.50. The van der Waals surface area contributed by atoms with Gasteiger partial charge < -0.3 is 24.0 Å². The molecule has 0 radical (unpaired) electrons. The quantitative estimate of drug-likeness (QED) is 0.503. The van der Waals surface area contributed by atoms with Crippen LogP contribution in [0.25, 0.3) is 0 Å². The molecule has 0 aromatic rings. The molecule has 0 aliphatic carbocycles. The Labute approximate surface area is 83.5 Å². The zero-order valence-corrected chi connectivity index (χ0v) is 10.7. The molecule has 0 atom stereocenters. The molecule has 0 aliphatic rings. The minimum atomic E-state index is -0.431. The fourth-order valence-electron chi connectivity index (χ4n) is 1.08. The molecule has 0 unspecified atom stereocenters. The molecule has 0 aromatic carbocycles. The molecule has 64 valence electrons. The predicted octanol–water partition coefficient (Wildman–Crippen LogP) is 0.0876. The van der Waals surface area contributed by atoms with E-state index in [4.69, 9.17) is 0 Å². The maximum absolute atomic E-state index is 2.50. The number of hydrogen-bond acceptors (Lipinski definition) is 0. The molecule has 0 rings (SSSR count). The monoisotopic (exact) mass is 274 g/mol. The highest BCUT2D eigenvalue weighted by Crippen LogP contribution is 2.54. The van der Waals surface area contributed by atoms with Crippen LogP contribution in [0, 0.1) is 0 Å². The Balaban J connectivity index is 0. The molecule has 0 saturated heterocycles. The highest BCUT2D eigenvalue weighted by Gasteiger charge is 2.24. The van der Waals surface area contributed by atoms with E-state index in [0.29, 0.717) is 0 Å². The lowest BCUT2D eigenvalue weighted by Gasteiger charge is -2.18. The van der Waals surface area contributed by atoms with Crippen molar-refractivity contribution >= 4 is 7.26 Å². The van der Waals surface area contributed by atoms with Crippen LogP contribution in [-0.4, -0.2) is 25.2 Å². The van der Waals surface area contributed by atoms with Crippen LogP contribution in [0.15, 0.2) is 0 Å². The minimum absolute atomic E-state index is 0. The first kappa shape index (κ1) is 13.7. The zero-order valence-electron chi connectivity index (χ0n) is 7.65. The molecular formula is C8H20IP. The van der Waals surface area contributed by atoms with Crippen molar-refractivity contribution in [3.63, 3.8) is 0 Å². The van der Waals surface area contributed by atoms with E-state index in [1.165, 1.54) is 24.9 Å². The Morgan fingerprint density at radius 1 is 1.00 bits per heavy atom. The summed E-state index contributed by atoms with van der Waals surface area (Å²) in [5.41, 5.74) is 0. The number of hydrogen-bond donors (Lipinski definition) is 0. The Bertz CT molecular complexity index is 69.7. The van der Waals surface area contributed by atoms with Crippen molar-refractivity contribution in [2.45, 2.75) is 27.2 Å². The molecule has 0 amide bonds. The second kappa shape index (κ2) is 6.84. The Kier molecular flexibility index (Phi) is 9.40. The van der Waals surface area contributed by atoms with Crippen LogP contribution in [0.4, 0.5) is 0 Å². The third-order valence-corrected chi connectivity index (χ3v) is 6.87. The molecule has 0 heterocycles. The van der Waals surface area contributed by atoms with Crippen LogP contribution >= 0.6 is 7.26 Å². The SMILES string of the molecule is CCC[P+](C)(CC)CC.[I-]. The first-order valence-electron chi connectivity index (χ1n) is 4.02. The van der Waals surface area contributed by atoms with E-state index in [1.807, 2.05) is 0 Å². The van der Waals surface area contributed by atoms with Crippen molar-refractivity contribution in [1.82, 2.24) is 0 Å². The first-order chi connectivity index (χ1) is 4.18. The van der Waals surface area contributed by atoms with E-state index >= 15 is 0 Å². The van der Waals surface area contributed by atoms with Crippen molar-refractivity contribution in [2.75, 3.05) is 25.2 Å². The van der Waals surface area contributed by atoms with Gasteiger partial charge in [0.15, 0.2) is 0 Å². The molecule has 10 heavy (non-hydrogen) atoms. The van der Waals surface area contributed by atoms with Crippen LogP contribution in [0.3, 0.4) is 0 Å². The van der Waals surface area contributed by atoms with E-state index in [9.17, 15) is 0 Å². The summed E-state index contributed by atoms with van der Waals surface area (Å²) in [6.07, 6.45) is 5.76. The number of halogens is 1. The fraction of sp³-hybridized carbons (Fsp3) is 1.00. The molecule has 0 aliphatic heterocycles. The van der Waals surface area contributed by atoms with Gasteiger partial charge in [0.1, 0.15) is 0 Å². The molecule has 0 aromatic heterocycles. The highest BCUT2D eigenvalue weighted by molar-refractivity contribution is 7.75. The smallest absolute Gasteiger partial charge is 0.0588 e. The van der Waals surface area contributed by atoms with Gasteiger partial charge in [0.25, 0.3) is 0 Å². The molecule has 0 fully saturated rings. The summed E-state index contributed by atoms with van der Waals surface area (Å²) in [5, 5.41) is 0. The van der Waals surface area contributed by atoms with Crippen LogP contribution in [0.1, 0.15) is 27.2 Å². The molecule has 2 heteroatoms. The zero-order chi connectivity index (χ0) is 7.33. The first-order valence-corrected chi connectivity index (χ1v) is 6.81. The standard InChI is InChI=1S/C8H20P.HI/c1-5-8-9(4,6-2)7-3;/h5-8H2,1-4H3;1H/q+1;/p-1. The minimum Gasteiger partial charge on any atom is -1.00 e. The van der Waals surface area contributed by atoms with Crippen LogP contribution < -0.4 is 24.0 Å². The lowest BCUT2D eigenvalue weighted by atomic mass is 10.6. The summed E-state index contributed by atoms with van der Waals surface area (Å²) in [7, 11) is -0.431. The van der Waals surface area contributed by atoms with E-state index in [1.54, 1.807) is 0 Å². The highest BCUT2D eigenvalue weighted by atomic mass is 127. The summed E-state index contributed by atoms with van der Waals surface area (Å²) in [4.78, 5) is 0. The van der Waals surface area contributed by atoms with Crippen LogP contribution in [0.5, 0.6) is 0 Å². The average molecular weight is 274 g/mol. The molecule has 0 bridgehead atoms. The summed E-state index contributed by atoms with van der Waals surface area (Å²) < 4.78 is 0. The van der Waals surface area contributed by atoms with Gasteiger partial charge in [0.2, 0.25) is 0 Å². The summed E-state index contributed by atoms with van der Waals surface area (Å²) >= 11 is 0. The fourth-order valence-corrected chi connectivity index (χ4v) is 3.24. The van der Waals surface area contributed by atoms with Gasteiger partial charge in [-0.15, -0.1) is 0 Å². The van der Waals surface area contributed by atoms with Gasteiger partial charge in [-0.1, -0.05) is 6.92 Å². The number of rotatable bonds is 4. The van der Waals surface area contributed by atoms with Gasteiger partial charge in [0.05, 0.1) is 18.5 Å². The predicted molar refractivity (Wildman–Crippen MR) is 49.1 cm³/mol. The van der Waals surface area contributed by atoms with Crippen LogP contribution in [-0.2, 0) is 0 Å².